The van der Waals surface area contributed by atoms with E-state index in [1.165, 1.54) is 0 Å². The normalized spacial score (nSPS) is 14.5. The van der Waals surface area contributed by atoms with Crippen LogP contribution in [0.4, 0.5) is 0 Å². The Morgan fingerprint density at radius 1 is 1.38 bits per heavy atom. The van der Waals surface area contributed by atoms with Crippen molar-refractivity contribution in [1.29, 1.82) is 0 Å². The van der Waals surface area contributed by atoms with Crippen LogP contribution in [0.3, 0.4) is 0 Å². The standard InChI is InChI=1S/C5H17N2O3P3/c8-13(9,10)7-3-1-2-6-5(12)4-11/h5-6H,1-4,11-12H2,(H3,7,8,9,10). The highest BCUT2D eigenvalue weighted by atomic mass is 31.2. The Labute approximate surface area is 83.1 Å². The van der Waals surface area contributed by atoms with Crippen LogP contribution in [-0.4, -0.2) is 34.8 Å². The van der Waals surface area contributed by atoms with Crippen molar-refractivity contribution in [2.75, 3.05) is 19.3 Å². The van der Waals surface area contributed by atoms with Crippen LogP contribution in [0.5, 0.6) is 0 Å². The lowest BCUT2D eigenvalue weighted by molar-refractivity contribution is 0.356. The van der Waals surface area contributed by atoms with Crippen LogP contribution in [0.1, 0.15) is 6.42 Å². The van der Waals surface area contributed by atoms with Gasteiger partial charge in [-0.2, -0.15) is 0 Å². The minimum Gasteiger partial charge on any atom is -0.313 e. The minimum absolute atomic E-state index is 0.325. The molecule has 13 heavy (non-hydrogen) atoms. The van der Waals surface area contributed by atoms with Gasteiger partial charge in [-0.25, -0.2) is 9.65 Å². The van der Waals surface area contributed by atoms with Crippen molar-refractivity contribution in [3.8, 4) is 0 Å². The van der Waals surface area contributed by atoms with Crippen molar-refractivity contribution >= 4 is 26.2 Å². The van der Waals surface area contributed by atoms with Gasteiger partial charge in [-0.15, -0.1) is 18.5 Å². The Hall–Kier alpha value is 0.930. The fourth-order valence-electron chi connectivity index (χ4n) is 0.684. The molecule has 4 N–H and O–H groups in total. The number of rotatable bonds is 7. The SMILES string of the molecule is O=P(O)(O)NCCCNC(P)CP. The summed E-state index contributed by atoms with van der Waals surface area (Å²) in [5, 5.41) is 5.30. The number of nitrogens with one attached hydrogen (secondary N) is 2. The maximum Gasteiger partial charge on any atom is 0.400 e. The van der Waals surface area contributed by atoms with Gasteiger partial charge in [0.05, 0.1) is 0 Å². The fraction of sp³-hybridized carbons (Fsp3) is 1.00. The molecular formula is C5H17N2O3P3. The van der Waals surface area contributed by atoms with Crippen LogP contribution in [0.2, 0.25) is 0 Å². The topological polar surface area (TPSA) is 81.6 Å². The lowest BCUT2D eigenvalue weighted by atomic mass is 10.4. The van der Waals surface area contributed by atoms with E-state index < -0.39 is 7.75 Å². The molecule has 0 fully saturated rings. The summed E-state index contributed by atoms with van der Waals surface area (Å²) in [7, 11) is 1.23. The molecule has 0 bridgehead atoms. The molecule has 0 saturated carbocycles. The molecule has 80 valence electrons. The van der Waals surface area contributed by atoms with Gasteiger partial charge in [-0.1, -0.05) is 0 Å². The molecule has 3 unspecified atom stereocenters. The summed E-state index contributed by atoms with van der Waals surface area (Å²) in [6, 6.07) is 0. The van der Waals surface area contributed by atoms with Gasteiger partial charge in [-0.3, -0.25) is 0 Å². The Kier molecular flexibility index (Phi) is 7.77. The summed E-state index contributed by atoms with van der Waals surface area (Å²) in [5.41, 5.74) is 0. The van der Waals surface area contributed by atoms with E-state index >= 15 is 0 Å². The third-order valence-electron chi connectivity index (χ3n) is 1.33. The molecule has 5 nitrogen and oxygen atoms in total. The molecule has 0 aromatic heterocycles. The highest BCUT2D eigenvalue weighted by Crippen LogP contribution is 2.27. The molecule has 0 radical (unpaired) electrons. The van der Waals surface area contributed by atoms with Crippen LogP contribution in [0, 0.1) is 0 Å². The Bertz CT molecular complexity index is 174. The first kappa shape index (κ1) is 13.9. The van der Waals surface area contributed by atoms with Crippen LogP contribution in [0.15, 0.2) is 0 Å². The molecule has 0 aliphatic rings. The van der Waals surface area contributed by atoms with Crippen LogP contribution < -0.4 is 10.4 Å². The average Bonchev–Trinajstić information content (AvgIpc) is 2.01. The van der Waals surface area contributed by atoms with Gasteiger partial charge in [-0.05, 0) is 19.1 Å². The highest BCUT2D eigenvalue weighted by molar-refractivity contribution is 7.49. The maximum atomic E-state index is 10.3. The lowest BCUT2D eigenvalue weighted by Gasteiger charge is -2.11. The molecular weight excluding hydrogens is 229 g/mol. The predicted molar refractivity (Wildman–Crippen MR) is 60.7 cm³/mol. The molecule has 0 amide bonds. The van der Waals surface area contributed by atoms with E-state index in [9.17, 15) is 4.57 Å². The van der Waals surface area contributed by atoms with Gasteiger partial charge in [0.2, 0.25) is 0 Å². The predicted octanol–water partition coefficient (Wildman–Crippen LogP) is -0.275. The second-order valence-electron chi connectivity index (χ2n) is 2.60. The third-order valence-corrected chi connectivity index (χ3v) is 3.53. The minimum atomic E-state index is -4.02. The van der Waals surface area contributed by atoms with E-state index in [2.05, 4.69) is 28.9 Å². The first-order valence-electron chi connectivity index (χ1n) is 3.95. The molecule has 0 aliphatic heterocycles. The average molecular weight is 246 g/mol. The molecule has 0 aliphatic carbocycles. The molecule has 8 heteroatoms. The second kappa shape index (κ2) is 7.25. The van der Waals surface area contributed by atoms with Gasteiger partial charge in [0, 0.05) is 12.3 Å². The van der Waals surface area contributed by atoms with Gasteiger partial charge in [0.15, 0.2) is 0 Å². The first-order chi connectivity index (χ1) is 5.95. The summed E-state index contributed by atoms with van der Waals surface area (Å²) < 4.78 is 10.3. The monoisotopic (exact) mass is 246 g/mol. The summed E-state index contributed by atoms with van der Waals surface area (Å²) in [6.45, 7) is 1.07. The molecule has 0 aromatic carbocycles. The van der Waals surface area contributed by atoms with E-state index in [1.807, 2.05) is 0 Å². The zero-order valence-corrected chi connectivity index (χ0v) is 10.5. The third kappa shape index (κ3) is 10.9. The summed E-state index contributed by atoms with van der Waals surface area (Å²) >= 11 is 0. The first-order valence-corrected chi connectivity index (χ1v) is 7.05. The van der Waals surface area contributed by atoms with E-state index in [1.54, 1.807) is 0 Å². The smallest absolute Gasteiger partial charge is 0.313 e. The van der Waals surface area contributed by atoms with Crippen molar-refractivity contribution in [3.63, 3.8) is 0 Å². The summed E-state index contributed by atoms with van der Waals surface area (Å²) in [5.74, 6) is 0.347. The van der Waals surface area contributed by atoms with E-state index in [0.29, 0.717) is 18.7 Å². The maximum absolute atomic E-state index is 10.3. The van der Waals surface area contributed by atoms with Crippen LogP contribution >= 0.6 is 26.2 Å². The van der Waals surface area contributed by atoms with Gasteiger partial charge in [0.25, 0.3) is 0 Å². The Morgan fingerprint density at radius 3 is 2.46 bits per heavy atom. The second-order valence-corrected chi connectivity index (χ2v) is 5.28. The number of hydrogen-bond acceptors (Lipinski definition) is 2. The lowest BCUT2D eigenvalue weighted by Crippen LogP contribution is -2.27. The zero-order valence-electron chi connectivity index (χ0n) is 7.31. The van der Waals surface area contributed by atoms with Crippen molar-refractivity contribution in [2.24, 2.45) is 0 Å². The molecule has 0 spiro atoms. The molecule has 0 rings (SSSR count). The Morgan fingerprint density at radius 2 is 2.00 bits per heavy atom. The summed E-state index contributed by atoms with van der Waals surface area (Å²) in [6.07, 6.45) is 1.64. The van der Waals surface area contributed by atoms with Crippen molar-refractivity contribution in [2.45, 2.75) is 12.2 Å². The highest BCUT2D eigenvalue weighted by Gasteiger charge is 2.09. The quantitative estimate of drug-likeness (QED) is 0.367. The van der Waals surface area contributed by atoms with Gasteiger partial charge < -0.3 is 15.1 Å². The fourth-order valence-corrected chi connectivity index (χ4v) is 1.47. The van der Waals surface area contributed by atoms with Gasteiger partial charge in [0.1, 0.15) is 0 Å². The van der Waals surface area contributed by atoms with E-state index in [4.69, 9.17) is 9.79 Å². The molecule has 0 saturated heterocycles. The van der Waals surface area contributed by atoms with E-state index in [0.717, 1.165) is 12.7 Å². The van der Waals surface area contributed by atoms with Crippen molar-refractivity contribution in [1.82, 2.24) is 10.4 Å². The van der Waals surface area contributed by atoms with Gasteiger partial charge >= 0.3 is 7.75 Å². The van der Waals surface area contributed by atoms with Crippen LogP contribution in [-0.2, 0) is 4.57 Å². The Balaban J connectivity index is 3.22. The van der Waals surface area contributed by atoms with Crippen LogP contribution in [0.25, 0.3) is 0 Å². The molecule has 0 aromatic rings. The molecule has 3 atom stereocenters. The summed E-state index contributed by atoms with van der Waals surface area (Å²) in [4.78, 5) is 16.9. The van der Waals surface area contributed by atoms with Crippen molar-refractivity contribution in [3.05, 3.63) is 0 Å². The number of hydrogen-bond donors (Lipinski definition) is 4. The zero-order chi connectivity index (χ0) is 10.3. The van der Waals surface area contributed by atoms with Crippen molar-refractivity contribution < 1.29 is 14.4 Å². The van der Waals surface area contributed by atoms with E-state index in [-0.39, 0.29) is 0 Å². The molecule has 0 heterocycles. The largest absolute Gasteiger partial charge is 0.400 e.